The summed E-state index contributed by atoms with van der Waals surface area (Å²) in [4.78, 5) is 4.25. The van der Waals surface area contributed by atoms with Crippen LogP contribution in [0.25, 0.3) is 0 Å². The van der Waals surface area contributed by atoms with E-state index in [0.717, 1.165) is 15.3 Å². The molecular weight excluding hydrogens is 315 g/mol. The summed E-state index contributed by atoms with van der Waals surface area (Å²) in [5.41, 5.74) is 0.540. The van der Waals surface area contributed by atoms with E-state index in [4.69, 9.17) is 0 Å². The SMILES string of the molecule is Fc1ccccc1NCCSc1ncccc1Br. The maximum atomic E-state index is 13.3. The highest BCUT2D eigenvalue weighted by Crippen LogP contribution is 2.24. The fraction of sp³-hybridized carbons (Fsp3) is 0.154. The van der Waals surface area contributed by atoms with Crippen LogP contribution >= 0.6 is 27.7 Å². The molecule has 5 heteroatoms. The zero-order valence-corrected chi connectivity index (χ0v) is 12.0. The zero-order valence-electron chi connectivity index (χ0n) is 9.57. The molecule has 0 aliphatic heterocycles. The van der Waals surface area contributed by atoms with Crippen molar-refractivity contribution in [3.63, 3.8) is 0 Å². The van der Waals surface area contributed by atoms with Gasteiger partial charge in [-0.05, 0) is 40.2 Å². The second-order valence-corrected chi connectivity index (χ2v) is 5.48. The van der Waals surface area contributed by atoms with Gasteiger partial charge in [0, 0.05) is 23.0 Å². The van der Waals surface area contributed by atoms with E-state index in [1.165, 1.54) is 6.07 Å². The lowest BCUT2D eigenvalue weighted by Crippen LogP contribution is -2.05. The van der Waals surface area contributed by atoms with Gasteiger partial charge in [-0.25, -0.2) is 9.37 Å². The molecule has 0 aliphatic carbocycles. The van der Waals surface area contributed by atoms with E-state index in [1.807, 2.05) is 18.2 Å². The first-order valence-corrected chi connectivity index (χ1v) is 7.27. The van der Waals surface area contributed by atoms with Crippen LogP contribution < -0.4 is 5.32 Å². The first-order chi connectivity index (χ1) is 8.77. The Hall–Kier alpha value is -1.07. The van der Waals surface area contributed by atoms with Crippen LogP contribution in [-0.4, -0.2) is 17.3 Å². The molecule has 0 amide bonds. The summed E-state index contributed by atoms with van der Waals surface area (Å²) in [7, 11) is 0. The Morgan fingerprint density at radius 2 is 2.06 bits per heavy atom. The first kappa shape index (κ1) is 13.4. The number of para-hydroxylation sites is 1. The van der Waals surface area contributed by atoms with Crippen molar-refractivity contribution >= 4 is 33.4 Å². The van der Waals surface area contributed by atoms with E-state index < -0.39 is 0 Å². The number of anilines is 1. The van der Waals surface area contributed by atoms with Gasteiger partial charge < -0.3 is 5.32 Å². The molecule has 1 aromatic heterocycles. The van der Waals surface area contributed by atoms with Crippen LogP contribution in [0.2, 0.25) is 0 Å². The summed E-state index contributed by atoms with van der Waals surface area (Å²) in [6.07, 6.45) is 1.76. The molecule has 0 aliphatic rings. The van der Waals surface area contributed by atoms with Crippen molar-refractivity contribution in [2.75, 3.05) is 17.6 Å². The predicted molar refractivity (Wildman–Crippen MR) is 77.6 cm³/mol. The lowest BCUT2D eigenvalue weighted by atomic mass is 10.3. The fourth-order valence-corrected chi connectivity index (χ4v) is 2.75. The number of rotatable bonds is 5. The summed E-state index contributed by atoms with van der Waals surface area (Å²) < 4.78 is 14.3. The number of hydrogen-bond acceptors (Lipinski definition) is 3. The van der Waals surface area contributed by atoms with Gasteiger partial charge in [0.2, 0.25) is 0 Å². The van der Waals surface area contributed by atoms with Crippen LogP contribution in [0.5, 0.6) is 0 Å². The lowest BCUT2D eigenvalue weighted by molar-refractivity contribution is 0.630. The standard InChI is InChI=1S/C13H12BrFN2S/c14-10-4-3-7-17-13(10)18-9-8-16-12-6-2-1-5-11(12)15/h1-7,16H,8-9H2. The molecule has 1 aromatic carbocycles. The molecule has 2 nitrogen and oxygen atoms in total. The highest BCUT2D eigenvalue weighted by atomic mass is 79.9. The molecule has 0 radical (unpaired) electrons. The third kappa shape index (κ3) is 3.71. The normalized spacial score (nSPS) is 10.3. The number of nitrogens with zero attached hydrogens (tertiary/aromatic N) is 1. The second-order valence-electron chi connectivity index (χ2n) is 3.55. The largest absolute Gasteiger partial charge is 0.382 e. The van der Waals surface area contributed by atoms with Crippen LogP contribution in [0.1, 0.15) is 0 Å². The number of halogens is 2. The maximum absolute atomic E-state index is 13.3. The molecule has 0 saturated heterocycles. The second kappa shape index (κ2) is 6.75. The van der Waals surface area contributed by atoms with E-state index in [1.54, 1.807) is 30.1 Å². The topological polar surface area (TPSA) is 24.9 Å². The maximum Gasteiger partial charge on any atom is 0.146 e. The molecule has 94 valence electrons. The quantitative estimate of drug-likeness (QED) is 0.658. The molecule has 18 heavy (non-hydrogen) atoms. The number of pyridine rings is 1. The predicted octanol–water partition coefficient (Wildman–Crippen LogP) is 4.19. The van der Waals surface area contributed by atoms with E-state index >= 15 is 0 Å². The zero-order chi connectivity index (χ0) is 12.8. The summed E-state index contributed by atoms with van der Waals surface area (Å²) in [5, 5.41) is 4.02. The highest BCUT2D eigenvalue weighted by Gasteiger charge is 2.02. The van der Waals surface area contributed by atoms with Crippen molar-refractivity contribution in [1.82, 2.24) is 4.98 Å². The Labute approximate surface area is 118 Å². The highest BCUT2D eigenvalue weighted by molar-refractivity contribution is 9.10. The van der Waals surface area contributed by atoms with Gasteiger partial charge >= 0.3 is 0 Å². The van der Waals surface area contributed by atoms with Gasteiger partial charge in [0.05, 0.1) is 5.69 Å². The molecule has 2 aromatic rings. The van der Waals surface area contributed by atoms with Gasteiger partial charge in [0.1, 0.15) is 10.8 Å². The summed E-state index contributed by atoms with van der Waals surface area (Å²) >= 11 is 5.07. The van der Waals surface area contributed by atoms with Gasteiger partial charge in [0.25, 0.3) is 0 Å². The van der Waals surface area contributed by atoms with Crippen LogP contribution in [0.3, 0.4) is 0 Å². The number of hydrogen-bond donors (Lipinski definition) is 1. The van der Waals surface area contributed by atoms with Crippen LogP contribution in [-0.2, 0) is 0 Å². The Balaban J connectivity index is 1.80. The van der Waals surface area contributed by atoms with Crippen LogP contribution in [0, 0.1) is 5.82 Å². The molecule has 1 heterocycles. The molecule has 0 atom stereocenters. The van der Waals surface area contributed by atoms with E-state index in [2.05, 4.69) is 26.2 Å². The summed E-state index contributed by atoms with van der Waals surface area (Å²) in [6, 6.07) is 10.5. The van der Waals surface area contributed by atoms with Crippen molar-refractivity contribution in [2.45, 2.75) is 5.03 Å². The first-order valence-electron chi connectivity index (χ1n) is 5.49. The summed E-state index contributed by atoms with van der Waals surface area (Å²) in [5.74, 6) is 0.603. The number of nitrogens with one attached hydrogen (secondary N) is 1. The Bertz CT molecular complexity index is 474. The third-order valence-corrected chi connectivity index (χ3v) is 4.16. The molecule has 1 N–H and O–H groups in total. The Morgan fingerprint density at radius 1 is 1.22 bits per heavy atom. The van der Waals surface area contributed by atoms with Crippen molar-refractivity contribution in [3.05, 3.63) is 52.9 Å². The van der Waals surface area contributed by atoms with Gasteiger partial charge in [0.15, 0.2) is 0 Å². The minimum Gasteiger partial charge on any atom is -0.382 e. The van der Waals surface area contributed by atoms with Gasteiger partial charge in [-0.1, -0.05) is 12.1 Å². The van der Waals surface area contributed by atoms with Crippen LogP contribution in [0.15, 0.2) is 52.1 Å². The number of aromatic nitrogens is 1. The molecule has 0 bridgehead atoms. The minimum absolute atomic E-state index is 0.221. The van der Waals surface area contributed by atoms with Crippen LogP contribution in [0.4, 0.5) is 10.1 Å². The molecule has 0 fully saturated rings. The van der Waals surface area contributed by atoms with Crippen molar-refractivity contribution < 1.29 is 4.39 Å². The number of thioether (sulfide) groups is 1. The smallest absolute Gasteiger partial charge is 0.146 e. The molecule has 0 spiro atoms. The van der Waals surface area contributed by atoms with Gasteiger partial charge in [-0.15, -0.1) is 11.8 Å². The fourth-order valence-electron chi connectivity index (χ4n) is 1.42. The van der Waals surface area contributed by atoms with E-state index in [9.17, 15) is 4.39 Å². The van der Waals surface area contributed by atoms with Crippen molar-refractivity contribution in [1.29, 1.82) is 0 Å². The minimum atomic E-state index is -0.221. The molecule has 2 rings (SSSR count). The molecular formula is C13H12BrFN2S. The summed E-state index contributed by atoms with van der Waals surface area (Å²) in [6.45, 7) is 0.689. The lowest BCUT2D eigenvalue weighted by Gasteiger charge is -2.07. The Kier molecular flexibility index (Phi) is 5.01. The van der Waals surface area contributed by atoms with E-state index in [0.29, 0.717) is 12.2 Å². The average molecular weight is 327 g/mol. The number of benzene rings is 1. The van der Waals surface area contributed by atoms with Gasteiger partial charge in [-0.3, -0.25) is 0 Å². The van der Waals surface area contributed by atoms with Crippen molar-refractivity contribution in [2.24, 2.45) is 0 Å². The van der Waals surface area contributed by atoms with Gasteiger partial charge in [-0.2, -0.15) is 0 Å². The Morgan fingerprint density at radius 3 is 2.83 bits per heavy atom. The monoisotopic (exact) mass is 326 g/mol. The van der Waals surface area contributed by atoms with Crippen molar-refractivity contribution in [3.8, 4) is 0 Å². The van der Waals surface area contributed by atoms with E-state index in [-0.39, 0.29) is 5.82 Å². The third-order valence-electron chi connectivity index (χ3n) is 2.25. The average Bonchev–Trinajstić information content (AvgIpc) is 2.38. The molecule has 0 unspecified atom stereocenters. The molecule has 0 saturated carbocycles.